The van der Waals surface area contributed by atoms with Crippen LogP contribution >= 0.6 is 0 Å². The van der Waals surface area contributed by atoms with Gasteiger partial charge in [0.15, 0.2) is 0 Å². The number of likely N-dealkylation sites (N-methyl/N-ethyl adjacent to an activating group) is 1. The van der Waals surface area contributed by atoms with E-state index in [1.165, 1.54) is 0 Å². The summed E-state index contributed by atoms with van der Waals surface area (Å²) < 4.78 is 0. The summed E-state index contributed by atoms with van der Waals surface area (Å²) in [6, 6.07) is -0.0587. The quantitative estimate of drug-likeness (QED) is 0.755. The predicted octanol–water partition coefficient (Wildman–Crippen LogP) is 0.395. The average Bonchev–Trinajstić information content (AvgIpc) is 2.27. The number of amides is 1. The van der Waals surface area contributed by atoms with Crippen molar-refractivity contribution in [3.8, 4) is 0 Å². The highest BCUT2D eigenvalue weighted by Gasteiger charge is 2.23. The molecule has 1 saturated heterocycles. The van der Waals surface area contributed by atoms with E-state index in [2.05, 4.69) is 24.1 Å². The average molecular weight is 227 g/mol. The van der Waals surface area contributed by atoms with Crippen molar-refractivity contribution in [2.24, 2.45) is 5.92 Å². The first-order valence-corrected chi connectivity index (χ1v) is 6.23. The molecule has 0 saturated carbocycles. The molecule has 0 aromatic carbocycles. The first kappa shape index (κ1) is 13.5. The first-order chi connectivity index (χ1) is 7.54. The number of rotatable bonds is 4. The van der Waals surface area contributed by atoms with Crippen LogP contribution in [0.5, 0.6) is 0 Å². The Kier molecular flexibility index (Phi) is 5.22. The molecule has 0 aromatic heterocycles. The van der Waals surface area contributed by atoms with Gasteiger partial charge < -0.3 is 10.2 Å². The van der Waals surface area contributed by atoms with E-state index in [0.717, 1.165) is 32.7 Å². The molecule has 1 atom stereocenters. The van der Waals surface area contributed by atoms with Gasteiger partial charge in [0.05, 0.1) is 6.04 Å². The molecule has 1 unspecified atom stereocenters. The lowest BCUT2D eigenvalue weighted by molar-refractivity contribution is -0.134. The molecule has 94 valence electrons. The molecule has 16 heavy (non-hydrogen) atoms. The lowest BCUT2D eigenvalue weighted by Crippen LogP contribution is -2.53. The minimum Gasteiger partial charge on any atom is -0.339 e. The highest BCUT2D eigenvalue weighted by molar-refractivity contribution is 5.81. The van der Waals surface area contributed by atoms with Gasteiger partial charge in [-0.05, 0) is 19.9 Å². The van der Waals surface area contributed by atoms with Gasteiger partial charge in [0.25, 0.3) is 0 Å². The molecule has 0 aliphatic carbocycles. The van der Waals surface area contributed by atoms with Crippen LogP contribution in [0.25, 0.3) is 0 Å². The van der Waals surface area contributed by atoms with Crippen molar-refractivity contribution in [3.63, 3.8) is 0 Å². The second kappa shape index (κ2) is 6.21. The Morgan fingerprint density at radius 2 is 1.75 bits per heavy atom. The van der Waals surface area contributed by atoms with Crippen LogP contribution in [0.2, 0.25) is 0 Å². The Labute approximate surface area is 99.0 Å². The van der Waals surface area contributed by atoms with Gasteiger partial charge in [-0.2, -0.15) is 0 Å². The summed E-state index contributed by atoms with van der Waals surface area (Å²) in [6.07, 6.45) is 0. The molecule has 1 amide bonds. The van der Waals surface area contributed by atoms with Crippen LogP contribution in [0.15, 0.2) is 0 Å². The summed E-state index contributed by atoms with van der Waals surface area (Å²) in [5.41, 5.74) is 0. The number of nitrogens with one attached hydrogen (secondary N) is 1. The van der Waals surface area contributed by atoms with E-state index in [1.807, 2.05) is 18.9 Å². The summed E-state index contributed by atoms with van der Waals surface area (Å²) >= 11 is 0. The molecule has 0 spiro atoms. The van der Waals surface area contributed by atoms with Crippen LogP contribution in [0.1, 0.15) is 20.8 Å². The minimum absolute atomic E-state index is 0.0587. The Bertz CT molecular complexity index is 222. The number of piperazine rings is 1. The molecule has 0 aromatic rings. The van der Waals surface area contributed by atoms with Crippen molar-refractivity contribution >= 4 is 5.91 Å². The highest BCUT2D eigenvalue weighted by atomic mass is 16.2. The Balaban J connectivity index is 2.34. The molecule has 1 aliphatic rings. The van der Waals surface area contributed by atoms with Crippen LogP contribution in [-0.4, -0.2) is 61.5 Å². The van der Waals surface area contributed by atoms with E-state index >= 15 is 0 Å². The van der Waals surface area contributed by atoms with E-state index < -0.39 is 0 Å². The zero-order valence-corrected chi connectivity index (χ0v) is 11.0. The van der Waals surface area contributed by atoms with Crippen LogP contribution in [0, 0.1) is 5.92 Å². The van der Waals surface area contributed by atoms with Crippen molar-refractivity contribution in [2.45, 2.75) is 26.8 Å². The zero-order valence-electron chi connectivity index (χ0n) is 11.0. The van der Waals surface area contributed by atoms with Crippen molar-refractivity contribution < 1.29 is 4.79 Å². The second-order valence-electron chi connectivity index (χ2n) is 5.03. The number of carbonyl (C=O) groups excluding carboxylic acids is 1. The monoisotopic (exact) mass is 227 g/mol. The molecule has 1 heterocycles. The third kappa shape index (κ3) is 3.76. The van der Waals surface area contributed by atoms with Crippen molar-refractivity contribution in [1.29, 1.82) is 0 Å². The second-order valence-corrected chi connectivity index (χ2v) is 5.03. The maximum absolute atomic E-state index is 11.9. The molecule has 4 nitrogen and oxygen atoms in total. The third-order valence-electron chi connectivity index (χ3n) is 3.11. The van der Waals surface area contributed by atoms with E-state index in [1.54, 1.807) is 0 Å². The molecule has 0 radical (unpaired) electrons. The van der Waals surface area contributed by atoms with Crippen molar-refractivity contribution in [1.82, 2.24) is 15.1 Å². The molecule has 1 aliphatic heterocycles. The molecular formula is C12H25N3O. The summed E-state index contributed by atoms with van der Waals surface area (Å²) in [6.45, 7) is 11.3. The smallest absolute Gasteiger partial charge is 0.239 e. The van der Waals surface area contributed by atoms with E-state index in [-0.39, 0.29) is 11.9 Å². The number of hydrogen-bond acceptors (Lipinski definition) is 3. The predicted molar refractivity (Wildman–Crippen MR) is 66.4 cm³/mol. The van der Waals surface area contributed by atoms with Crippen LogP contribution in [0.3, 0.4) is 0 Å². The van der Waals surface area contributed by atoms with E-state index in [0.29, 0.717) is 5.92 Å². The van der Waals surface area contributed by atoms with Gasteiger partial charge in [0.1, 0.15) is 0 Å². The normalized spacial score (nSPS) is 20.2. The van der Waals surface area contributed by atoms with Crippen molar-refractivity contribution in [3.05, 3.63) is 0 Å². The molecule has 1 rings (SSSR count). The summed E-state index contributed by atoms with van der Waals surface area (Å²) in [5.74, 6) is 0.935. The summed E-state index contributed by atoms with van der Waals surface area (Å²) in [5, 5.41) is 3.00. The fourth-order valence-electron chi connectivity index (χ4n) is 2.06. The van der Waals surface area contributed by atoms with E-state index in [9.17, 15) is 4.79 Å². The van der Waals surface area contributed by atoms with Gasteiger partial charge in [0.2, 0.25) is 5.91 Å². The molecular weight excluding hydrogens is 202 g/mol. The maximum Gasteiger partial charge on any atom is 0.239 e. The maximum atomic E-state index is 11.9. The van der Waals surface area contributed by atoms with Crippen LogP contribution in [-0.2, 0) is 4.79 Å². The molecule has 1 fully saturated rings. The number of hydrogen-bond donors (Lipinski definition) is 1. The van der Waals surface area contributed by atoms with Crippen molar-refractivity contribution in [2.75, 3.05) is 39.8 Å². The molecule has 4 heteroatoms. The molecule has 0 bridgehead atoms. The van der Waals surface area contributed by atoms with Crippen LogP contribution in [0.4, 0.5) is 0 Å². The topological polar surface area (TPSA) is 35.6 Å². The zero-order chi connectivity index (χ0) is 12.1. The van der Waals surface area contributed by atoms with Gasteiger partial charge >= 0.3 is 0 Å². The SMILES string of the molecule is CNC(C)C(=O)N1CCN(CC(C)C)CC1. The highest BCUT2D eigenvalue weighted by Crippen LogP contribution is 2.06. The fraction of sp³-hybridized carbons (Fsp3) is 0.917. The Morgan fingerprint density at radius 3 is 2.19 bits per heavy atom. The largest absolute Gasteiger partial charge is 0.339 e. The first-order valence-electron chi connectivity index (χ1n) is 6.23. The van der Waals surface area contributed by atoms with Gasteiger partial charge in [0, 0.05) is 32.7 Å². The summed E-state index contributed by atoms with van der Waals surface area (Å²) in [7, 11) is 1.83. The number of carbonyl (C=O) groups is 1. The van der Waals surface area contributed by atoms with Gasteiger partial charge in [-0.3, -0.25) is 9.69 Å². The van der Waals surface area contributed by atoms with E-state index in [4.69, 9.17) is 0 Å². The number of nitrogens with zero attached hydrogens (tertiary/aromatic N) is 2. The van der Waals surface area contributed by atoms with Gasteiger partial charge in [-0.15, -0.1) is 0 Å². The Hall–Kier alpha value is -0.610. The minimum atomic E-state index is -0.0587. The Morgan fingerprint density at radius 1 is 1.19 bits per heavy atom. The standard InChI is InChI=1S/C12H25N3O/c1-10(2)9-14-5-7-15(8-6-14)12(16)11(3)13-4/h10-11,13H,5-9H2,1-4H3. The third-order valence-corrected chi connectivity index (χ3v) is 3.11. The lowest BCUT2D eigenvalue weighted by Gasteiger charge is -2.36. The lowest BCUT2D eigenvalue weighted by atomic mass is 10.2. The summed E-state index contributed by atoms with van der Waals surface area (Å²) in [4.78, 5) is 16.3. The van der Waals surface area contributed by atoms with Gasteiger partial charge in [-0.25, -0.2) is 0 Å². The van der Waals surface area contributed by atoms with Crippen LogP contribution < -0.4 is 5.32 Å². The molecule has 1 N–H and O–H groups in total. The fourth-order valence-corrected chi connectivity index (χ4v) is 2.06. The van der Waals surface area contributed by atoms with Gasteiger partial charge in [-0.1, -0.05) is 13.8 Å².